The summed E-state index contributed by atoms with van der Waals surface area (Å²) >= 11 is 0. The van der Waals surface area contributed by atoms with E-state index in [1.165, 1.54) is 6.39 Å². The van der Waals surface area contributed by atoms with Crippen molar-refractivity contribution in [2.45, 2.75) is 32.2 Å². The lowest BCUT2D eigenvalue weighted by atomic mass is 10.0. The summed E-state index contributed by atoms with van der Waals surface area (Å²) in [5.74, 6) is 1.72. The van der Waals surface area contributed by atoms with Crippen LogP contribution in [0.5, 0.6) is 0 Å². The standard InChI is InChI=1S/C18H19N5O3/c1-12-20-17(26-22-12)15-7-2-3-8-23(15)18(24)21-14-6-4-5-13(9-14)16-10-19-11-25-16/h4-6,9-11,15H,2-3,7-8H2,1H3,(H,21,24)/t15-/m1/s1. The van der Waals surface area contributed by atoms with Gasteiger partial charge in [-0.1, -0.05) is 17.3 Å². The number of likely N-dealkylation sites (tertiary alicyclic amines) is 1. The van der Waals surface area contributed by atoms with Crippen LogP contribution in [0.15, 0.2) is 45.8 Å². The monoisotopic (exact) mass is 353 g/mol. The van der Waals surface area contributed by atoms with Gasteiger partial charge in [0.1, 0.15) is 6.04 Å². The Morgan fingerprint density at radius 3 is 3.04 bits per heavy atom. The van der Waals surface area contributed by atoms with E-state index in [-0.39, 0.29) is 12.1 Å². The second-order valence-electron chi connectivity index (χ2n) is 6.26. The van der Waals surface area contributed by atoms with Crippen LogP contribution < -0.4 is 5.32 Å². The normalized spacial score (nSPS) is 17.3. The molecule has 8 heteroatoms. The number of nitrogens with zero attached hydrogens (tertiary/aromatic N) is 4. The van der Waals surface area contributed by atoms with Gasteiger partial charge in [-0.3, -0.25) is 0 Å². The van der Waals surface area contributed by atoms with Crippen LogP contribution in [0, 0.1) is 6.92 Å². The first-order chi connectivity index (χ1) is 12.7. The molecule has 0 aliphatic carbocycles. The quantitative estimate of drug-likeness (QED) is 0.769. The second-order valence-corrected chi connectivity index (χ2v) is 6.26. The number of carbonyl (C=O) groups is 1. The number of nitrogens with one attached hydrogen (secondary N) is 1. The molecular formula is C18H19N5O3. The summed E-state index contributed by atoms with van der Waals surface area (Å²) in [6, 6.07) is 7.09. The fraction of sp³-hybridized carbons (Fsp3) is 0.333. The zero-order valence-electron chi connectivity index (χ0n) is 14.4. The smallest absolute Gasteiger partial charge is 0.322 e. The third-order valence-electron chi connectivity index (χ3n) is 4.42. The number of aryl methyl sites for hydroxylation is 1. The van der Waals surface area contributed by atoms with Gasteiger partial charge < -0.3 is 19.2 Å². The fourth-order valence-electron chi connectivity index (χ4n) is 3.18. The van der Waals surface area contributed by atoms with Gasteiger partial charge in [-0.05, 0) is 38.3 Å². The Morgan fingerprint density at radius 1 is 1.35 bits per heavy atom. The third kappa shape index (κ3) is 3.30. The first-order valence-electron chi connectivity index (χ1n) is 8.57. The van der Waals surface area contributed by atoms with E-state index in [1.54, 1.807) is 18.0 Å². The van der Waals surface area contributed by atoms with Gasteiger partial charge >= 0.3 is 6.03 Å². The molecule has 3 aromatic rings. The minimum atomic E-state index is -0.192. The Morgan fingerprint density at radius 2 is 2.27 bits per heavy atom. The maximum absolute atomic E-state index is 12.8. The Hall–Kier alpha value is -3.16. The van der Waals surface area contributed by atoms with Crippen molar-refractivity contribution in [1.82, 2.24) is 20.0 Å². The minimum Gasteiger partial charge on any atom is -0.444 e. The molecule has 0 bridgehead atoms. The zero-order chi connectivity index (χ0) is 17.9. The molecule has 1 atom stereocenters. The van der Waals surface area contributed by atoms with Crippen molar-refractivity contribution < 1.29 is 13.7 Å². The van der Waals surface area contributed by atoms with Crippen LogP contribution in [0.1, 0.15) is 37.0 Å². The molecule has 26 heavy (non-hydrogen) atoms. The molecule has 2 amide bonds. The van der Waals surface area contributed by atoms with E-state index in [2.05, 4.69) is 20.4 Å². The zero-order valence-corrected chi connectivity index (χ0v) is 14.4. The number of hydrogen-bond acceptors (Lipinski definition) is 6. The van der Waals surface area contributed by atoms with Gasteiger partial charge in [0.2, 0.25) is 5.89 Å². The number of hydrogen-bond donors (Lipinski definition) is 1. The van der Waals surface area contributed by atoms with E-state index < -0.39 is 0 Å². The minimum absolute atomic E-state index is 0.180. The Kier molecular flexibility index (Phi) is 4.39. The fourth-order valence-corrected chi connectivity index (χ4v) is 3.18. The molecule has 1 N–H and O–H groups in total. The molecule has 0 unspecified atom stereocenters. The average molecular weight is 353 g/mol. The van der Waals surface area contributed by atoms with Crippen molar-refractivity contribution in [2.75, 3.05) is 11.9 Å². The van der Waals surface area contributed by atoms with Crippen LogP contribution in [0.2, 0.25) is 0 Å². The molecule has 1 saturated heterocycles. The highest BCUT2D eigenvalue weighted by molar-refractivity contribution is 5.90. The molecule has 0 radical (unpaired) electrons. The summed E-state index contributed by atoms with van der Waals surface area (Å²) in [7, 11) is 0. The topological polar surface area (TPSA) is 97.3 Å². The van der Waals surface area contributed by atoms with E-state index in [0.717, 1.165) is 24.8 Å². The highest BCUT2D eigenvalue weighted by atomic mass is 16.5. The van der Waals surface area contributed by atoms with Gasteiger partial charge in [-0.25, -0.2) is 9.78 Å². The summed E-state index contributed by atoms with van der Waals surface area (Å²) in [6.45, 7) is 2.43. The molecule has 1 aromatic carbocycles. The second kappa shape index (κ2) is 6.99. The molecule has 0 saturated carbocycles. The van der Waals surface area contributed by atoms with Crippen LogP contribution in [0.4, 0.5) is 10.5 Å². The lowest BCUT2D eigenvalue weighted by molar-refractivity contribution is 0.142. The first kappa shape index (κ1) is 16.3. The van der Waals surface area contributed by atoms with Gasteiger partial charge in [-0.2, -0.15) is 4.98 Å². The largest absolute Gasteiger partial charge is 0.444 e. The maximum atomic E-state index is 12.8. The van der Waals surface area contributed by atoms with Gasteiger partial charge in [0.05, 0.1) is 6.20 Å². The molecule has 2 aromatic heterocycles. The van der Waals surface area contributed by atoms with E-state index in [9.17, 15) is 4.79 Å². The maximum Gasteiger partial charge on any atom is 0.322 e. The number of piperidine rings is 1. The average Bonchev–Trinajstić information content (AvgIpc) is 3.34. The molecule has 3 heterocycles. The predicted molar refractivity (Wildman–Crippen MR) is 93.3 cm³/mol. The van der Waals surface area contributed by atoms with E-state index >= 15 is 0 Å². The molecule has 8 nitrogen and oxygen atoms in total. The van der Waals surface area contributed by atoms with Gasteiger partial charge in [0.15, 0.2) is 18.0 Å². The van der Waals surface area contributed by atoms with Crippen molar-refractivity contribution in [3.05, 3.63) is 48.6 Å². The summed E-state index contributed by atoms with van der Waals surface area (Å²) in [5.41, 5.74) is 1.54. The number of amides is 2. The molecule has 1 fully saturated rings. The van der Waals surface area contributed by atoms with Crippen LogP contribution >= 0.6 is 0 Å². The Balaban J connectivity index is 1.52. The molecule has 1 aliphatic heterocycles. The molecular weight excluding hydrogens is 334 g/mol. The van der Waals surface area contributed by atoms with Crippen molar-refractivity contribution in [2.24, 2.45) is 0 Å². The van der Waals surface area contributed by atoms with E-state index in [4.69, 9.17) is 8.94 Å². The van der Waals surface area contributed by atoms with Crippen molar-refractivity contribution >= 4 is 11.7 Å². The number of carbonyl (C=O) groups excluding carboxylic acids is 1. The number of aromatic nitrogens is 3. The molecule has 134 valence electrons. The number of anilines is 1. The van der Waals surface area contributed by atoms with E-state index in [0.29, 0.717) is 29.7 Å². The van der Waals surface area contributed by atoms with E-state index in [1.807, 2.05) is 24.3 Å². The summed E-state index contributed by atoms with van der Waals surface area (Å²) in [6.07, 6.45) is 5.81. The molecule has 1 aliphatic rings. The molecule has 4 rings (SSSR count). The molecule has 0 spiro atoms. The third-order valence-corrected chi connectivity index (χ3v) is 4.42. The van der Waals surface area contributed by atoms with Crippen LogP contribution in [-0.4, -0.2) is 32.6 Å². The Bertz CT molecular complexity index is 890. The van der Waals surface area contributed by atoms with Crippen LogP contribution in [0.3, 0.4) is 0 Å². The summed E-state index contributed by atoms with van der Waals surface area (Å²) in [4.78, 5) is 22.8. The van der Waals surface area contributed by atoms with Crippen molar-refractivity contribution in [3.63, 3.8) is 0 Å². The van der Waals surface area contributed by atoms with Gasteiger partial charge in [-0.15, -0.1) is 0 Å². The first-order valence-corrected chi connectivity index (χ1v) is 8.57. The Labute approximate surface area is 150 Å². The number of benzene rings is 1. The number of urea groups is 1. The lowest BCUT2D eigenvalue weighted by Gasteiger charge is -2.33. The van der Waals surface area contributed by atoms with Crippen LogP contribution in [0.25, 0.3) is 11.3 Å². The van der Waals surface area contributed by atoms with Crippen LogP contribution in [-0.2, 0) is 0 Å². The number of oxazole rings is 1. The number of rotatable bonds is 3. The summed E-state index contributed by atoms with van der Waals surface area (Å²) in [5, 5.41) is 6.80. The lowest BCUT2D eigenvalue weighted by Crippen LogP contribution is -2.41. The van der Waals surface area contributed by atoms with Gasteiger partial charge in [0, 0.05) is 17.8 Å². The highest BCUT2D eigenvalue weighted by Gasteiger charge is 2.32. The van der Waals surface area contributed by atoms with Crippen molar-refractivity contribution in [3.8, 4) is 11.3 Å². The summed E-state index contributed by atoms with van der Waals surface area (Å²) < 4.78 is 10.6. The highest BCUT2D eigenvalue weighted by Crippen LogP contribution is 2.31. The SMILES string of the molecule is Cc1noc([C@H]2CCCCN2C(=O)Nc2cccc(-c3cnco3)c2)n1. The van der Waals surface area contributed by atoms with Crippen molar-refractivity contribution in [1.29, 1.82) is 0 Å². The van der Waals surface area contributed by atoms with Gasteiger partial charge in [0.25, 0.3) is 0 Å². The predicted octanol–water partition coefficient (Wildman–Crippen LogP) is 3.79.